The van der Waals surface area contributed by atoms with Crippen LogP contribution in [0, 0.1) is 6.92 Å². The number of aromatic nitrogens is 2. The Morgan fingerprint density at radius 1 is 1.17 bits per heavy atom. The van der Waals surface area contributed by atoms with E-state index in [1.807, 2.05) is 31.2 Å². The number of benzene rings is 2. The van der Waals surface area contributed by atoms with Crippen LogP contribution in [0.4, 0.5) is 0 Å². The van der Waals surface area contributed by atoms with Gasteiger partial charge < -0.3 is 9.26 Å². The van der Waals surface area contributed by atoms with Crippen molar-refractivity contribution in [2.75, 3.05) is 0 Å². The monoisotopic (exact) mass is 328 g/mol. The van der Waals surface area contributed by atoms with Crippen LogP contribution in [0.25, 0.3) is 11.4 Å². The second-order valence-electron chi connectivity index (χ2n) is 4.91. The van der Waals surface area contributed by atoms with Crippen molar-refractivity contribution in [1.82, 2.24) is 10.1 Å². The molecule has 0 aliphatic rings. The predicted octanol–water partition coefficient (Wildman–Crippen LogP) is 4.06. The number of aryl methyl sites for hydroxylation is 1. The second kappa shape index (κ2) is 6.62. The minimum absolute atomic E-state index is 0.0830. The van der Waals surface area contributed by atoms with Crippen molar-refractivity contribution in [2.24, 2.45) is 0 Å². The van der Waals surface area contributed by atoms with E-state index in [2.05, 4.69) is 10.1 Å². The molecule has 0 N–H and O–H groups in total. The Bertz CT molecular complexity index is 828. The molecule has 0 atom stereocenters. The van der Waals surface area contributed by atoms with E-state index in [0.717, 1.165) is 11.1 Å². The maximum Gasteiger partial charge on any atom is 0.338 e. The number of ether oxygens (including phenoxy) is 1. The van der Waals surface area contributed by atoms with Gasteiger partial charge in [0.15, 0.2) is 6.61 Å². The van der Waals surface area contributed by atoms with Gasteiger partial charge in [-0.3, -0.25) is 0 Å². The molecule has 0 unspecified atom stereocenters. The van der Waals surface area contributed by atoms with Gasteiger partial charge in [-0.05, 0) is 36.8 Å². The predicted molar refractivity (Wildman–Crippen MR) is 85.0 cm³/mol. The van der Waals surface area contributed by atoms with Crippen molar-refractivity contribution in [2.45, 2.75) is 13.5 Å². The molecule has 2 aromatic carbocycles. The zero-order chi connectivity index (χ0) is 16.2. The van der Waals surface area contributed by atoms with E-state index < -0.39 is 5.97 Å². The van der Waals surface area contributed by atoms with Gasteiger partial charge >= 0.3 is 5.97 Å². The van der Waals surface area contributed by atoms with Gasteiger partial charge in [0.25, 0.3) is 5.89 Å². The lowest BCUT2D eigenvalue weighted by Crippen LogP contribution is -2.05. The first-order valence-corrected chi connectivity index (χ1v) is 7.32. The van der Waals surface area contributed by atoms with Crippen molar-refractivity contribution >= 4 is 17.6 Å². The highest BCUT2D eigenvalue weighted by atomic mass is 35.5. The lowest BCUT2D eigenvalue weighted by molar-refractivity contribution is 0.0430. The SMILES string of the molecule is Cc1ccccc1-c1noc(COC(=O)c2ccc(Cl)cc2)n1. The van der Waals surface area contributed by atoms with Crippen LogP contribution in [0.15, 0.2) is 53.1 Å². The Morgan fingerprint density at radius 2 is 1.91 bits per heavy atom. The third-order valence-corrected chi connectivity index (χ3v) is 3.51. The molecule has 116 valence electrons. The van der Waals surface area contributed by atoms with Crippen LogP contribution in [0.2, 0.25) is 5.02 Å². The smallest absolute Gasteiger partial charge is 0.338 e. The molecule has 23 heavy (non-hydrogen) atoms. The fraction of sp³-hybridized carbons (Fsp3) is 0.118. The molecule has 0 radical (unpaired) electrons. The van der Waals surface area contributed by atoms with Crippen molar-refractivity contribution in [3.8, 4) is 11.4 Å². The summed E-state index contributed by atoms with van der Waals surface area (Å²) in [4.78, 5) is 16.2. The number of carbonyl (C=O) groups is 1. The van der Waals surface area contributed by atoms with Gasteiger partial charge in [-0.1, -0.05) is 41.0 Å². The van der Waals surface area contributed by atoms with Gasteiger partial charge in [0.2, 0.25) is 5.82 Å². The Hall–Kier alpha value is -2.66. The highest BCUT2D eigenvalue weighted by molar-refractivity contribution is 6.30. The maximum absolute atomic E-state index is 11.9. The molecule has 5 nitrogen and oxygen atoms in total. The molecular weight excluding hydrogens is 316 g/mol. The molecule has 0 saturated carbocycles. The van der Waals surface area contributed by atoms with Crippen molar-refractivity contribution in [3.63, 3.8) is 0 Å². The lowest BCUT2D eigenvalue weighted by atomic mass is 10.1. The van der Waals surface area contributed by atoms with E-state index in [9.17, 15) is 4.79 Å². The van der Waals surface area contributed by atoms with Crippen molar-refractivity contribution in [1.29, 1.82) is 0 Å². The molecule has 0 aliphatic heterocycles. The summed E-state index contributed by atoms with van der Waals surface area (Å²) in [7, 11) is 0. The first-order valence-electron chi connectivity index (χ1n) is 6.95. The van der Waals surface area contributed by atoms with Gasteiger partial charge in [-0.15, -0.1) is 0 Å². The van der Waals surface area contributed by atoms with E-state index in [4.69, 9.17) is 20.9 Å². The highest BCUT2D eigenvalue weighted by Gasteiger charge is 2.13. The summed E-state index contributed by atoms with van der Waals surface area (Å²) in [6, 6.07) is 14.2. The fourth-order valence-corrected chi connectivity index (χ4v) is 2.17. The van der Waals surface area contributed by atoms with E-state index in [-0.39, 0.29) is 12.5 Å². The zero-order valence-corrected chi connectivity index (χ0v) is 13.1. The molecule has 0 spiro atoms. The topological polar surface area (TPSA) is 65.2 Å². The minimum atomic E-state index is -0.475. The summed E-state index contributed by atoms with van der Waals surface area (Å²) >= 11 is 5.78. The lowest BCUT2D eigenvalue weighted by Gasteiger charge is -2.01. The number of nitrogens with zero attached hydrogens (tertiary/aromatic N) is 2. The second-order valence-corrected chi connectivity index (χ2v) is 5.35. The third-order valence-electron chi connectivity index (χ3n) is 3.26. The standard InChI is InChI=1S/C17H13ClN2O3/c1-11-4-2-3-5-14(11)16-19-15(23-20-16)10-22-17(21)12-6-8-13(18)9-7-12/h2-9H,10H2,1H3. The molecule has 1 heterocycles. The van der Waals surface area contributed by atoms with Crippen LogP contribution in [0.3, 0.4) is 0 Å². The molecule has 0 saturated heterocycles. The van der Waals surface area contributed by atoms with Crippen LogP contribution in [-0.2, 0) is 11.3 Å². The minimum Gasteiger partial charge on any atom is -0.452 e. The van der Waals surface area contributed by atoms with Crippen molar-refractivity contribution in [3.05, 3.63) is 70.6 Å². The van der Waals surface area contributed by atoms with Crippen LogP contribution in [0.1, 0.15) is 21.8 Å². The average Bonchev–Trinajstić information content (AvgIpc) is 3.02. The summed E-state index contributed by atoms with van der Waals surface area (Å²) < 4.78 is 10.3. The number of rotatable bonds is 4. The van der Waals surface area contributed by atoms with E-state index in [1.165, 1.54) is 0 Å². The number of carbonyl (C=O) groups excluding carboxylic acids is 1. The van der Waals surface area contributed by atoms with Crippen LogP contribution < -0.4 is 0 Å². The summed E-state index contributed by atoms with van der Waals surface area (Å²) in [5.41, 5.74) is 2.33. The number of hydrogen-bond acceptors (Lipinski definition) is 5. The number of halogens is 1. The fourth-order valence-electron chi connectivity index (χ4n) is 2.04. The molecule has 1 aromatic heterocycles. The average molecular weight is 329 g/mol. The van der Waals surface area contributed by atoms with Gasteiger partial charge in [-0.2, -0.15) is 4.98 Å². The molecular formula is C17H13ClN2O3. The molecule has 0 aliphatic carbocycles. The van der Waals surface area contributed by atoms with E-state index >= 15 is 0 Å². The van der Waals surface area contributed by atoms with Gasteiger partial charge in [0.1, 0.15) is 0 Å². The largest absolute Gasteiger partial charge is 0.452 e. The molecule has 0 bridgehead atoms. The highest BCUT2D eigenvalue weighted by Crippen LogP contribution is 2.20. The summed E-state index contributed by atoms with van der Waals surface area (Å²) in [6.07, 6.45) is 0. The Labute approximate surface area is 137 Å². The van der Waals surface area contributed by atoms with Gasteiger partial charge in [0, 0.05) is 10.6 Å². The first kappa shape index (κ1) is 15.2. The Balaban J connectivity index is 1.67. The molecule has 0 fully saturated rings. The molecule has 6 heteroatoms. The van der Waals surface area contributed by atoms with Gasteiger partial charge in [0.05, 0.1) is 5.56 Å². The Kier molecular flexibility index (Phi) is 4.39. The molecule has 3 rings (SSSR count). The Morgan fingerprint density at radius 3 is 2.65 bits per heavy atom. The summed E-state index contributed by atoms with van der Waals surface area (Å²) in [6.45, 7) is 1.88. The van der Waals surface area contributed by atoms with Crippen LogP contribution in [0.5, 0.6) is 0 Å². The maximum atomic E-state index is 11.9. The quantitative estimate of drug-likeness (QED) is 0.676. The van der Waals surface area contributed by atoms with Gasteiger partial charge in [-0.25, -0.2) is 4.79 Å². The summed E-state index contributed by atoms with van der Waals surface area (Å²) in [5.74, 6) is 0.239. The van der Waals surface area contributed by atoms with E-state index in [1.54, 1.807) is 24.3 Å². The number of esters is 1. The number of hydrogen-bond donors (Lipinski definition) is 0. The van der Waals surface area contributed by atoms with Crippen LogP contribution >= 0.6 is 11.6 Å². The summed E-state index contributed by atoms with van der Waals surface area (Å²) in [5, 5.41) is 4.47. The van der Waals surface area contributed by atoms with Crippen molar-refractivity contribution < 1.29 is 14.1 Å². The first-order chi connectivity index (χ1) is 11.1. The normalized spacial score (nSPS) is 10.5. The van der Waals surface area contributed by atoms with E-state index in [0.29, 0.717) is 16.4 Å². The van der Waals surface area contributed by atoms with Crippen LogP contribution in [-0.4, -0.2) is 16.1 Å². The zero-order valence-electron chi connectivity index (χ0n) is 12.3. The molecule has 3 aromatic rings. The third kappa shape index (κ3) is 3.57. The molecule has 0 amide bonds.